The van der Waals surface area contributed by atoms with Crippen LogP contribution in [-0.2, 0) is 19.1 Å². The fourth-order valence-electron chi connectivity index (χ4n) is 2.54. The maximum absolute atomic E-state index is 12.1. The Morgan fingerprint density at radius 3 is 2.82 bits per heavy atom. The van der Waals surface area contributed by atoms with Crippen LogP contribution in [0.4, 0.5) is 0 Å². The third kappa shape index (κ3) is 6.32. The van der Waals surface area contributed by atoms with Crippen LogP contribution in [0.3, 0.4) is 0 Å². The lowest BCUT2D eigenvalue weighted by molar-refractivity contribution is -0.130. The van der Waals surface area contributed by atoms with Gasteiger partial charge in [0, 0.05) is 39.8 Å². The van der Waals surface area contributed by atoms with Crippen LogP contribution < -0.4 is 5.32 Å². The summed E-state index contributed by atoms with van der Waals surface area (Å²) in [6.07, 6.45) is 3.31. The van der Waals surface area contributed by atoms with E-state index in [0.29, 0.717) is 32.7 Å². The third-order valence-electron chi connectivity index (χ3n) is 3.88. The Hall–Kier alpha value is -1.14. The number of carbonyl (C=O) groups is 2. The standard InChI is InChI=1S/C16H30N2O4/c1-4-5-8-22-9-6-7-17-16(20)14-10-15(19)18(11-14)13(2)12-21-3/h13-14H,4-12H2,1-3H3,(H,17,20)/t13-,14+/m0/s1. The first-order valence-electron chi connectivity index (χ1n) is 8.24. The minimum Gasteiger partial charge on any atom is -0.383 e. The monoisotopic (exact) mass is 314 g/mol. The molecule has 0 aromatic heterocycles. The first-order chi connectivity index (χ1) is 10.6. The molecule has 1 rings (SSSR count). The SMILES string of the molecule is CCCCOCCCNC(=O)[C@@H]1CC(=O)N([C@@H](C)COC)C1. The molecule has 0 radical (unpaired) electrons. The topological polar surface area (TPSA) is 67.9 Å². The van der Waals surface area contributed by atoms with Gasteiger partial charge < -0.3 is 19.7 Å². The number of ether oxygens (including phenoxy) is 2. The smallest absolute Gasteiger partial charge is 0.225 e. The van der Waals surface area contributed by atoms with Crippen LogP contribution in [0.5, 0.6) is 0 Å². The van der Waals surface area contributed by atoms with E-state index < -0.39 is 0 Å². The normalized spacial score (nSPS) is 19.5. The second-order valence-electron chi connectivity index (χ2n) is 5.86. The summed E-state index contributed by atoms with van der Waals surface area (Å²) in [6, 6.07) is 0.0160. The van der Waals surface area contributed by atoms with E-state index >= 15 is 0 Å². The largest absolute Gasteiger partial charge is 0.383 e. The molecule has 0 aromatic rings. The highest BCUT2D eigenvalue weighted by Crippen LogP contribution is 2.20. The molecule has 6 nitrogen and oxygen atoms in total. The van der Waals surface area contributed by atoms with Crippen molar-refractivity contribution < 1.29 is 19.1 Å². The number of carbonyl (C=O) groups excluding carboxylic acids is 2. The van der Waals surface area contributed by atoms with E-state index in [0.717, 1.165) is 25.9 Å². The van der Waals surface area contributed by atoms with E-state index in [9.17, 15) is 9.59 Å². The molecule has 1 heterocycles. The molecule has 1 fully saturated rings. The van der Waals surface area contributed by atoms with E-state index in [1.54, 1.807) is 12.0 Å². The van der Waals surface area contributed by atoms with Crippen LogP contribution in [-0.4, -0.2) is 62.8 Å². The molecule has 1 aliphatic rings. The van der Waals surface area contributed by atoms with Gasteiger partial charge in [-0.05, 0) is 19.8 Å². The van der Waals surface area contributed by atoms with Gasteiger partial charge in [0.15, 0.2) is 0 Å². The van der Waals surface area contributed by atoms with Crippen LogP contribution in [0.2, 0.25) is 0 Å². The van der Waals surface area contributed by atoms with Crippen molar-refractivity contribution in [3.05, 3.63) is 0 Å². The minimum atomic E-state index is -0.243. The maximum Gasteiger partial charge on any atom is 0.225 e. The number of likely N-dealkylation sites (tertiary alicyclic amines) is 1. The molecule has 6 heteroatoms. The Balaban J connectivity index is 2.19. The summed E-state index contributed by atoms with van der Waals surface area (Å²) >= 11 is 0. The number of hydrogen-bond acceptors (Lipinski definition) is 4. The Labute approximate surface area is 133 Å². The predicted octanol–water partition coefficient (Wildman–Crippen LogP) is 1.19. The molecule has 1 aliphatic heterocycles. The minimum absolute atomic E-state index is 0.0160. The number of unbranched alkanes of at least 4 members (excludes halogenated alkanes) is 1. The number of nitrogens with one attached hydrogen (secondary N) is 1. The molecule has 1 saturated heterocycles. The van der Waals surface area contributed by atoms with Crippen molar-refractivity contribution in [1.82, 2.24) is 10.2 Å². The molecule has 2 amide bonds. The quantitative estimate of drug-likeness (QED) is 0.582. The van der Waals surface area contributed by atoms with Crippen LogP contribution in [0, 0.1) is 5.92 Å². The molecule has 0 bridgehead atoms. The number of methoxy groups -OCH3 is 1. The number of nitrogens with zero attached hydrogens (tertiary/aromatic N) is 1. The van der Waals surface area contributed by atoms with Crippen LogP contribution in [0.25, 0.3) is 0 Å². The van der Waals surface area contributed by atoms with Gasteiger partial charge in [-0.3, -0.25) is 9.59 Å². The highest BCUT2D eigenvalue weighted by molar-refractivity contribution is 5.89. The maximum atomic E-state index is 12.1. The van der Waals surface area contributed by atoms with Gasteiger partial charge in [-0.25, -0.2) is 0 Å². The van der Waals surface area contributed by atoms with Crippen LogP contribution >= 0.6 is 0 Å². The molecule has 0 saturated carbocycles. The van der Waals surface area contributed by atoms with Crippen molar-refractivity contribution >= 4 is 11.8 Å². The molecule has 2 atom stereocenters. The van der Waals surface area contributed by atoms with Crippen molar-refractivity contribution in [1.29, 1.82) is 0 Å². The van der Waals surface area contributed by atoms with Crippen molar-refractivity contribution in [2.45, 2.75) is 45.6 Å². The summed E-state index contributed by atoms with van der Waals surface area (Å²) in [4.78, 5) is 25.8. The summed E-state index contributed by atoms with van der Waals surface area (Å²) in [5, 5.41) is 2.90. The second kappa shape index (κ2) is 10.6. The van der Waals surface area contributed by atoms with E-state index in [1.165, 1.54) is 0 Å². The number of rotatable bonds is 11. The van der Waals surface area contributed by atoms with Crippen molar-refractivity contribution in [3.63, 3.8) is 0 Å². The lowest BCUT2D eigenvalue weighted by atomic mass is 10.1. The molecule has 1 N–H and O–H groups in total. The van der Waals surface area contributed by atoms with E-state index in [4.69, 9.17) is 9.47 Å². The molecule has 0 unspecified atom stereocenters. The van der Waals surface area contributed by atoms with Crippen molar-refractivity contribution in [2.24, 2.45) is 5.92 Å². The van der Waals surface area contributed by atoms with Gasteiger partial charge in [-0.2, -0.15) is 0 Å². The first kappa shape index (κ1) is 18.9. The van der Waals surface area contributed by atoms with Crippen molar-refractivity contribution in [2.75, 3.05) is 40.0 Å². The fraction of sp³-hybridized carbons (Fsp3) is 0.875. The number of hydrogen-bond donors (Lipinski definition) is 1. The molecule has 0 spiro atoms. The second-order valence-corrected chi connectivity index (χ2v) is 5.86. The highest BCUT2D eigenvalue weighted by atomic mass is 16.5. The Bertz CT molecular complexity index is 349. The zero-order valence-corrected chi connectivity index (χ0v) is 14.1. The molecular weight excluding hydrogens is 284 g/mol. The molecular formula is C16H30N2O4. The zero-order valence-electron chi connectivity index (χ0n) is 14.1. The van der Waals surface area contributed by atoms with Gasteiger partial charge in [0.1, 0.15) is 0 Å². The summed E-state index contributed by atoms with van der Waals surface area (Å²) in [5.74, 6) is -0.241. The molecule has 22 heavy (non-hydrogen) atoms. The van der Waals surface area contributed by atoms with Crippen LogP contribution in [0.1, 0.15) is 39.5 Å². The van der Waals surface area contributed by atoms with Gasteiger partial charge in [0.2, 0.25) is 11.8 Å². The van der Waals surface area contributed by atoms with Crippen LogP contribution in [0.15, 0.2) is 0 Å². The average Bonchev–Trinajstić information content (AvgIpc) is 2.88. The van der Waals surface area contributed by atoms with Gasteiger partial charge in [0.05, 0.1) is 18.6 Å². The lowest BCUT2D eigenvalue weighted by Crippen LogP contribution is -2.39. The van der Waals surface area contributed by atoms with E-state index in [2.05, 4.69) is 12.2 Å². The molecule has 0 aliphatic carbocycles. The zero-order chi connectivity index (χ0) is 16.4. The Morgan fingerprint density at radius 1 is 1.41 bits per heavy atom. The third-order valence-corrected chi connectivity index (χ3v) is 3.88. The first-order valence-corrected chi connectivity index (χ1v) is 8.24. The van der Waals surface area contributed by atoms with Crippen molar-refractivity contribution in [3.8, 4) is 0 Å². The summed E-state index contributed by atoms with van der Waals surface area (Å²) in [7, 11) is 1.61. The van der Waals surface area contributed by atoms with E-state index in [-0.39, 0.29) is 23.8 Å². The average molecular weight is 314 g/mol. The number of amides is 2. The fourth-order valence-corrected chi connectivity index (χ4v) is 2.54. The molecule has 128 valence electrons. The predicted molar refractivity (Wildman–Crippen MR) is 84.5 cm³/mol. The van der Waals surface area contributed by atoms with Gasteiger partial charge in [0.25, 0.3) is 0 Å². The highest BCUT2D eigenvalue weighted by Gasteiger charge is 2.36. The van der Waals surface area contributed by atoms with Gasteiger partial charge in [-0.15, -0.1) is 0 Å². The lowest BCUT2D eigenvalue weighted by Gasteiger charge is -2.23. The summed E-state index contributed by atoms with van der Waals surface area (Å²) in [6.45, 7) is 7.11. The Morgan fingerprint density at radius 2 is 2.14 bits per heavy atom. The summed E-state index contributed by atoms with van der Waals surface area (Å²) < 4.78 is 10.5. The Kier molecular flexibility index (Phi) is 9.08. The van der Waals surface area contributed by atoms with E-state index in [1.807, 2.05) is 6.92 Å². The molecule has 0 aromatic carbocycles. The van der Waals surface area contributed by atoms with Gasteiger partial charge >= 0.3 is 0 Å². The van der Waals surface area contributed by atoms with Gasteiger partial charge in [-0.1, -0.05) is 13.3 Å². The summed E-state index contributed by atoms with van der Waals surface area (Å²) in [5.41, 5.74) is 0.